The van der Waals surface area contributed by atoms with E-state index in [0.717, 1.165) is 58.2 Å². The smallest absolute Gasteiger partial charge is 0.303 e. The fourth-order valence-corrected chi connectivity index (χ4v) is 9.23. The Balaban J connectivity index is 1.25. The molecule has 82 heavy (non-hydrogen) atoms. The van der Waals surface area contributed by atoms with Crippen molar-refractivity contribution in [2.24, 2.45) is 0 Å². The molecular formula is C60H60O22. The van der Waals surface area contributed by atoms with Gasteiger partial charge in [-0.2, -0.15) is 0 Å². The van der Waals surface area contributed by atoms with Crippen molar-refractivity contribution in [1.82, 2.24) is 0 Å². The highest BCUT2D eigenvalue weighted by Crippen LogP contribution is 2.42. The van der Waals surface area contributed by atoms with E-state index in [1.165, 1.54) is 25.1 Å². The number of fused-ring (bicyclic) bond motifs is 1. The van der Waals surface area contributed by atoms with Crippen molar-refractivity contribution in [3.05, 3.63) is 148 Å². The van der Waals surface area contributed by atoms with Gasteiger partial charge < -0.3 is 71.1 Å². The largest absolute Gasteiger partial charge is 0.507 e. The molecule has 5 aromatic carbocycles. The molecule has 0 radical (unpaired) electrons. The molecule has 2 aliphatic rings. The lowest BCUT2D eigenvalue weighted by Crippen LogP contribution is -2.65. The maximum atomic E-state index is 15.3. The van der Waals surface area contributed by atoms with Crippen molar-refractivity contribution in [2.75, 3.05) is 6.61 Å². The molecular weight excluding hydrogens is 1070 g/mol. The van der Waals surface area contributed by atoms with E-state index in [4.69, 9.17) is 66.0 Å². The van der Waals surface area contributed by atoms with Crippen LogP contribution in [0.4, 0.5) is 0 Å². The number of carbonyl (C=O) groups is 6. The van der Waals surface area contributed by atoms with Gasteiger partial charge in [-0.05, 0) is 41.8 Å². The van der Waals surface area contributed by atoms with Gasteiger partial charge in [-0.25, -0.2) is 0 Å². The molecule has 6 aromatic rings. The first-order valence-corrected chi connectivity index (χ1v) is 25.9. The second-order valence-electron chi connectivity index (χ2n) is 19.0. The van der Waals surface area contributed by atoms with Gasteiger partial charge in [0, 0.05) is 59.2 Å². The molecule has 2 aliphatic heterocycles. The van der Waals surface area contributed by atoms with Crippen molar-refractivity contribution in [3.8, 4) is 40.1 Å². The highest BCUT2D eigenvalue weighted by Gasteiger charge is 2.55. The predicted molar refractivity (Wildman–Crippen MR) is 285 cm³/mol. The minimum absolute atomic E-state index is 0.0705. The van der Waals surface area contributed by atoms with Gasteiger partial charge in [0.05, 0.1) is 12.7 Å². The Morgan fingerprint density at radius 3 is 1.50 bits per heavy atom. The van der Waals surface area contributed by atoms with E-state index in [2.05, 4.69) is 0 Å². The summed E-state index contributed by atoms with van der Waals surface area (Å²) >= 11 is 0. The van der Waals surface area contributed by atoms with Crippen LogP contribution in [0.25, 0.3) is 22.3 Å². The van der Waals surface area contributed by atoms with Crippen molar-refractivity contribution in [2.45, 2.75) is 130 Å². The van der Waals surface area contributed by atoms with E-state index in [0.29, 0.717) is 5.75 Å². The minimum Gasteiger partial charge on any atom is -0.507 e. The Kier molecular flexibility index (Phi) is 19.5. The van der Waals surface area contributed by atoms with E-state index in [1.54, 1.807) is 12.1 Å². The molecule has 4 unspecified atom stereocenters. The summed E-state index contributed by atoms with van der Waals surface area (Å²) in [4.78, 5) is 91.6. The first-order chi connectivity index (χ1) is 39.3. The van der Waals surface area contributed by atoms with Crippen LogP contribution in [-0.2, 0) is 91.2 Å². The molecule has 10 atom stereocenters. The summed E-state index contributed by atoms with van der Waals surface area (Å²) in [5, 5.41) is 11.3. The van der Waals surface area contributed by atoms with Crippen LogP contribution in [0.2, 0.25) is 0 Å². The zero-order valence-corrected chi connectivity index (χ0v) is 45.7. The van der Waals surface area contributed by atoms with Crippen LogP contribution in [0.1, 0.15) is 65.2 Å². The number of benzene rings is 5. The fourth-order valence-electron chi connectivity index (χ4n) is 9.23. The lowest BCUT2D eigenvalue weighted by Gasteiger charge is -2.46. The predicted octanol–water partition coefficient (Wildman–Crippen LogP) is 7.36. The Labute approximate surface area is 469 Å². The van der Waals surface area contributed by atoms with Gasteiger partial charge in [-0.3, -0.25) is 33.6 Å². The molecule has 0 bridgehead atoms. The van der Waals surface area contributed by atoms with Crippen LogP contribution in [0.15, 0.2) is 131 Å². The maximum Gasteiger partial charge on any atom is 0.303 e. The van der Waals surface area contributed by atoms with Gasteiger partial charge in [0.2, 0.25) is 23.6 Å². The molecule has 1 N–H and O–H groups in total. The molecule has 432 valence electrons. The minimum atomic E-state index is -2.01. The van der Waals surface area contributed by atoms with Gasteiger partial charge in [0.15, 0.2) is 54.1 Å². The molecule has 22 heteroatoms. The number of aromatic hydroxyl groups is 1. The quantitative estimate of drug-likeness (QED) is 0.0544. The number of hydrogen-bond donors (Lipinski definition) is 1. The van der Waals surface area contributed by atoms with Crippen molar-refractivity contribution < 1.29 is 99.9 Å². The van der Waals surface area contributed by atoms with Gasteiger partial charge >= 0.3 is 35.8 Å². The molecule has 2 fully saturated rings. The number of carbonyl (C=O) groups excluding carboxylic acids is 6. The third-order valence-electron chi connectivity index (χ3n) is 12.6. The zero-order chi connectivity index (χ0) is 58.6. The molecule has 3 heterocycles. The normalized spacial score (nSPS) is 22.1. The van der Waals surface area contributed by atoms with E-state index in [9.17, 15) is 33.9 Å². The Morgan fingerprint density at radius 1 is 0.500 bits per heavy atom. The summed E-state index contributed by atoms with van der Waals surface area (Å²) in [6.07, 6.45) is -16.1. The van der Waals surface area contributed by atoms with Crippen LogP contribution >= 0.6 is 0 Å². The highest BCUT2D eigenvalue weighted by atomic mass is 16.8. The third kappa shape index (κ3) is 15.1. The molecule has 22 nitrogen and oxygen atoms in total. The number of rotatable bonds is 21. The van der Waals surface area contributed by atoms with Gasteiger partial charge in [-0.15, -0.1) is 0 Å². The Morgan fingerprint density at radius 2 is 0.963 bits per heavy atom. The summed E-state index contributed by atoms with van der Waals surface area (Å²) < 4.78 is 84.5. The van der Waals surface area contributed by atoms with Crippen molar-refractivity contribution in [1.29, 1.82) is 0 Å². The average molecular weight is 1130 g/mol. The van der Waals surface area contributed by atoms with Crippen molar-refractivity contribution >= 4 is 46.8 Å². The number of ether oxygens (including phenoxy) is 13. The summed E-state index contributed by atoms with van der Waals surface area (Å²) in [6, 6.07) is 35.2. The molecule has 8 rings (SSSR count). The standard InChI is InChI=1S/C60H60O22/c1-32-51(74-33(2)61)55(76-35(4)63)57(78-37(6)65)59(73-32)72-31-48-53(75-34(3)62)56(77-36(5)64)58(79-38(7)66)60(81-48)82-54-50(68)49-44(67)26-43(69-28-39-17-11-8-12-18-39)27-47(49)80-52(54)42-23-24-45(70-29-40-19-13-9-14-20-40)46(25-42)71-30-41-21-15-10-16-22-41/h8-27,32,48,51,53,55-60,67H,28-31H2,1-7H3/t32?,48-,51?,53?,55-,56+,57-,58?,59+,60+/m1/s1. The number of phenolic OH excluding ortho intramolecular Hbond substituents is 1. The lowest BCUT2D eigenvalue weighted by molar-refractivity contribution is -0.323. The number of phenols is 1. The Hall–Kier alpha value is -8.99. The van der Waals surface area contributed by atoms with Crippen LogP contribution in [0.5, 0.6) is 28.7 Å². The van der Waals surface area contributed by atoms with Crippen molar-refractivity contribution in [3.63, 3.8) is 0 Å². The summed E-state index contributed by atoms with van der Waals surface area (Å²) in [5.74, 6) is -6.29. The molecule has 0 aliphatic carbocycles. The first kappa shape index (κ1) is 59.1. The molecule has 0 amide bonds. The van der Waals surface area contributed by atoms with E-state index in [1.807, 2.05) is 91.0 Å². The topological polar surface area (TPSA) is 273 Å². The monoisotopic (exact) mass is 1130 g/mol. The zero-order valence-electron chi connectivity index (χ0n) is 45.7. The lowest BCUT2D eigenvalue weighted by atomic mass is 9.97. The summed E-state index contributed by atoms with van der Waals surface area (Å²) in [5.41, 5.74) is 1.45. The first-order valence-electron chi connectivity index (χ1n) is 25.9. The van der Waals surface area contributed by atoms with E-state index >= 15 is 4.79 Å². The molecule has 0 spiro atoms. The van der Waals surface area contributed by atoms with Crippen LogP contribution in [0.3, 0.4) is 0 Å². The highest BCUT2D eigenvalue weighted by molar-refractivity contribution is 5.88. The Bertz CT molecular complexity index is 3290. The van der Waals surface area contributed by atoms with E-state index < -0.39 is 126 Å². The maximum absolute atomic E-state index is 15.3. The second-order valence-corrected chi connectivity index (χ2v) is 19.0. The summed E-state index contributed by atoms with van der Waals surface area (Å²) in [6.45, 7) is 7.38. The second kappa shape index (κ2) is 27.0. The number of hydrogen-bond acceptors (Lipinski definition) is 22. The summed E-state index contributed by atoms with van der Waals surface area (Å²) in [7, 11) is 0. The van der Waals surface area contributed by atoms with Gasteiger partial charge in [0.1, 0.15) is 48.4 Å². The van der Waals surface area contributed by atoms with Gasteiger partial charge in [-0.1, -0.05) is 91.0 Å². The van der Waals surface area contributed by atoms with Gasteiger partial charge in [0.25, 0.3) is 0 Å². The fraction of sp³-hybridized carbons (Fsp3) is 0.350. The average Bonchev–Trinajstić information content (AvgIpc) is 3.43. The van der Waals surface area contributed by atoms with Crippen LogP contribution < -0.4 is 24.4 Å². The van der Waals surface area contributed by atoms with Crippen LogP contribution in [-0.4, -0.2) is 109 Å². The molecule has 0 saturated carbocycles. The van der Waals surface area contributed by atoms with Crippen LogP contribution in [0, 0.1) is 0 Å². The third-order valence-corrected chi connectivity index (χ3v) is 12.6. The number of esters is 6. The molecule has 1 aromatic heterocycles. The molecule has 2 saturated heterocycles. The van der Waals surface area contributed by atoms with E-state index in [-0.39, 0.29) is 48.2 Å². The SMILES string of the molecule is CC(=O)OC1[C@H](Oc2c(-c3ccc(OCc4ccccc4)c(OCc4ccccc4)c3)oc3cc(OCc4ccccc4)cc(O)c3c2=O)O[C@H](CO[C@H]2OC(C)C(OC(C)=O)[C@@H](OC(C)=O)[C@H]2OC(C)=O)C(OC(C)=O)[C@@H]1OC(C)=O.